The summed E-state index contributed by atoms with van der Waals surface area (Å²) in [6, 6.07) is 11.1. The number of aromatic nitrogens is 2. The molecular weight excluding hydrogens is 458 g/mol. The van der Waals surface area contributed by atoms with E-state index in [4.69, 9.17) is 4.42 Å². The van der Waals surface area contributed by atoms with E-state index < -0.39 is 26.0 Å². The molecule has 0 spiro atoms. The second-order valence-electron chi connectivity index (χ2n) is 6.99. The molecule has 3 rings (SSSR count). The second kappa shape index (κ2) is 8.78. The Balaban J connectivity index is 1.73. The maximum atomic E-state index is 12.4. The largest absolute Gasteiger partial charge is 0.403 e. The van der Waals surface area contributed by atoms with Crippen LogP contribution in [0.25, 0.3) is 11.5 Å². The van der Waals surface area contributed by atoms with E-state index in [0.29, 0.717) is 5.56 Å². The average molecular weight is 480 g/mol. The number of hydrogen-bond donors (Lipinski definition) is 1. The number of amides is 1. The number of hydrogen-bond acceptors (Lipinski definition) is 8. The smallest absolute Gasteiger partial charge is 0.322 e. The third-order valence-corrected chi connectivity index (χ3v) is 8.08. The van der Waals surface area contributed by atoms with Gasteiger partial charge in [0, 0.05) is 39.3 Å². The minimum atomic E-state index is -3.60. The molecule has 0 saturated carbocycles. The third kappa shape index (κ3) is 4.70. The number of benzene rings is 2. The van der Waals surface area contributed by atoms with Gasteiger partial charge in [-0.05, 0) is 48.5 Å². The summed E-state index contributed by atoms with van der Waals surface area (Å²) in [4.78, 5) is 12.6. The van der Waals surface area contributed by atoms with E-state index in [2.05, 4.69) is 15.5 Å². The Hall–Kier alpha value is -3.13. The van der Waals surface area contributed by atoms with Crippen LogP contribution in [-0.4, -0.2) is 69.7 Å². The van der Waals surface area contributed by atoms with Crippen LogP contribution in [0.5, 0.6) is 0 Å². The van der Waals surface area contributed by atoms with Crippen LogP contribution in [0.4, 0.5) is 6.01 Å². The minimum Gasteiger partial charge on any atom is -0.403 e. The molecule has 0 aliphatic heterocycles. The van der Waals surface area contributed by atoms with Gasteiger partial charge in [0.1, 0.15) is 0 Å². The number of nitrogens with zero attached hydrogens (tertiary/aromatic N) is 4. The highest BCUT2D eigenvalue weighted by atomic mass is 32.2. The molecule has 1 amide bonds. The van der Waals surface area contributed by atoms with Gasteiger partial charge in [0.15, 0.2) is 0 Å². The summed E-state index contributed by atoms with van der Waals surface area (Å²) in [5.74, 6) is -0.483. The fraction of sp³-hybridized carbons (Fsp3) is 0.211. The van der Waals surface area contributed by atoms with Crippen LogP contribution in [-0.2, 0) is 20.0 Å². The predicted octanol–water partition coefficient (Wildman–Crippen LogP) is 1.49. The van der Waals surface area contributed by atoms with E-state index >= 15 is 0 Å². The zero-order chi connectivity index (χ0) is 23.7. The Morgan fingerprint density at radius 2 is 1.25 bits per heavy atom. The zero-order valence-corrected chi connectivity index (χ0v) is 19.3. The average Bonchev–Trinajstić information content (AvgIpc) is 3.22. The van der Waals surface area contributed by atoms with Gasteiger partial charge in [0.05, 0.1) is 9.79 Å². The van der Waals surface area contributed by atoms with Crippen molar-refractivity contribution in [3.05, 3.63) is 54.1 Å². The Morgan fingerprint density at radius 3 is 1.72 bits per heavy atom. The lowest BCUT2D eigenvalue weighted by molar-refractivity contribution is 0.102. The quantitative estimate of drug-likeness (QED) is 0.537. The molecule has 0 unspecified atom stereocenters. The number of anilines is 1. The van der Waals surface area contributed by atoms with E-state index in [-0.39, 0.29) is 27.3 Å². The molecular formula is C19H21N5O6S2. The number of carbonyl (C=O) groups excluding carboxylic acids is 1. The Morgan fingerprint density at radius 1 is 0.781 bits per heavy atom. The van der Waals surface area contributed by atoms with Gasteiger partial charge in [-0.1, -0.05) is 5.10 Å². The van der Waals surface area contributed by atoms with Crippen LogP contribution in [0.2, 0.25) is 0 Å². The third-order valence-electron chi connectivity index (χ3n) is 4.42. The summed E-state index contributed by atoms with van der Waals surface area (Å²) in [5, 5.41) is 10.0. The highest BCUT2D eigenvalue weighted by molar-refractivity contribution is 7.89. The maximum Gasteiger partial charge on any atom is 0.322 e. The summed E-state index contributed by atoms with van der Waals surface area (Å²) in [5.41, 5.74) is 0.662. The van der Waals surface area contributed by atoms with Crippen molar-refractivity contribution in [2.75, 3.05) is 33.5 Å². The van der Waals surface area contributed by atoms with Gasteiger partial charge >= 0.3 is 6.01 Å². The van der Waals surface area contributed by atoms with Crippen molar-refractivity contribution in [3.8, 4) is 11.5 Å². The van der Waals surface area contributed by atoms with E-state index in [0.717, 1.165) is 8.61 Å². The van der Waals surface area contributed by atoms with Gasteiger partial charge in [-0.2, -0.15) is 0 Å². The van der Waals surface area contributed by atoms with Gasteiger partial charge in [-0.3, -0.25) is 10.1 Å². The monoisotopic (exact) mass is 479 g/mol. The summed E-state index contributed by atoms with van der Waals surface area (Å²) in [6.45, 7) is 0. The molecule has 0 aliphatic rings. The molecule has 0 atom stereocenters. The number of carbonyl (C=O) groups is 1. The fourth-order valence-corrected chi connectivity index (χ4v) is 4.33. The Labute approximate surface area is 185 Å². The van der Waals surface area contributed by atoms with Crippen LogP contribution in [0.1, 0.15) is 10.4 Å². The van der Waals surface area contributed by atoms with E-state index in [9.17, 15) is 21.6 Å². The van der Waals surface area contributed by atoms with Gasteiger partial charge < -0.3 is 4.42 Å². The normalized spacial score (nSPS) is 12.3. The second-order valence-corrected chi connectivity index (χ2v) is 11.3. The first-order valence-electron chi connectivity index (χ1n) is 9.13. The standard InChI is InChI=1S/C19H21N5O6S2/c1-23(2)31(26,27)15-9-5-13(6-10-15)17(25)20-19-22-21-18(30-19)14-7-11-16(12-8-14)32(28,29)24(3)4/h5-12H,1-4H3,(H,20,22,25). The van der Waals surface area contributed by atoms with Crippen molar-refractivity contribution in [1.82, 2.24) is 18.8 Å². The maximum absolute atomic E-state index is 12.4. The molecule has 170 valence electrons. The van der Waals surface area contributed by atoms with Crippen LogP contribution in [0.3, 0.4) is 0 Å². The summed E-state index contributed by atoms with van der Waals surface area (Å²) >= 11 is 0. The van der Waals surface area contributed by atoms with E-state index in [1.54, 1.807) is 0 Å². The number of nitrogens with one attached hydrogen (secondary N) is 1. The lowest BCUT2D eigenvalue weighted by Crippen LogP contribution is -2.22. The predicted molar refractivity (Wildman–Crippen MR) is 116 cm³/mol. The molecule has 3 aromatic rings. The molecule has 1 aromatic heterocycles. The molecule has 13 heteroatoms. The lowest BCUT2D eigenvalue weighted by atomic mass is 10.2. The van der Waals surface area contributed by atoms with Gasteiger partial charge in [0.25, 0.3) is 5.91 Å². The topological polar surface area (TPSA) is 143 Å². The lowest BCUT2D eigenvalue weighted by Gasteiger charge is -2.11. The molecule has 11 nitrogen and oxygen atoms in total. The van der Waals surface area contributed by atoms with Gasteiger partial charge in [-0.25, -0.2) is 25.4 Å². The molecule has 2 aromatic carbocycles. The highest BCUT2D eigenvalue weighted by Gasteiger charge is 2.20. The van der Waals surface area contributed by atoms with Crippen LogP contribution in [0, 0.1) is 0 Å². The summed E-state index contributed by atoms with van der Waals surface area (Å²) in [6.07, 6.45) is 0. The van der Waals surface area contributed by atoms with Crippen LogP contribution >= 0.6 is 0 Å². The Bertz CT molecular complexity index is 1330. The Kier molecular flexibility index (Phi) is 6.46. The molecule has 1 heterocycles. The number of sulfonamides is 2. The number of rotatable bonds is 7. The SMILES string of the molecule is CN(C)S(=O)(=O)c1ccc(C(=O)Nc2nnc(-c3ccc(S(=O)(=O)N(C)C)cc3)o2)cc1. The summed E-state index contributed by atoms with van der Waals surface area (Å²) in [7, 11) is -1.47. The fourth-order valence-electron chi connectivity index (χ4n) is 2.53. The summed E-state index contributed by atoms with van der Waals surface area (Å²) < 4.78 is 56.1. The van der Waals surface area contributed by atoms with Crippen molar-refractivity contribution >= 4 is 32.0 Å². The van der Waals surface area contributed by atoms with Crippen molar-refractivity contribution in [3.63, 3.8) is 0 Å². The zero-order valence-electron chi connectivity index (χ0n) is 17.7. The first kappa shape index (κ1) is 23.5. The van der Waals surface area contributed by atoms with Crippen LogP contribution in [0.15, 0.2) is 62.7 Å². The van der Waals surface area contributed by atoms with E-state index in [1.807, 2.05) is 0 Å². The molecule has 1 N–H and O–H groups in total. The minimum absolute atomic E-state index is 0.0545. The first-order valence-corrected chi connectivity index (χ1v) is 12.0. The van der Waals surface area contributed by atoms with Crippen molar-refractivity contribution in [2.45, 2.75) is 9.79 Å². The van der Waals surface area contributed by atoms with Crippen molar-refractivity contribution in [1.29, 1.82) is 0 Å². The first-order chi connectivity index (χ1) is 14.9. The van der Waals surface area contributed by atoms with Crippen LogP contribution < -0.4 is 5.32 Å². The van der Waals surface area contributed by atoms with Crippen molar-refractivity contribution in [2.24, 2.45) is 0 Å². The molecule has 0 aliphatic carbocycles. The van der Waals surface area contributed by atoms with Crippen molar-refractivity contribution < 1.29 is 26.0 Å². The van der Waals surface area contributed by atoms with Gasteiger partial charge in [-0.15, -0.1) is 5.10 Å². The molecule has 0 fully saturated rings. The molecule has 0 saturated heterocycles. The molecule has 0 radical (unpaired) electrons. The van der Waals surface area contributed by atoms with E-state index in [1.165, 1.54) is 76.7 Å². The van der Waals surface area contributed by atoms with Gasteiger partial charge in [0.2, 0.25) is 25.9 Å². The molecule has 32 heavy (non-hydrogen) atoms. The molecule has 0 bridgehead atoms. The highest BCUT2D eigenvalue weighted by Crippen LogP contribution is 2.23.